The third kappa shape index (κ3) is 2.17. The fraction of sp³-hybridized carbons (Fsp3) is 0.357. The predicted molar refractivity (Wildman–Crippen MR) is 74.7 cm³/mol. The lowest BCUT2D eigenvalue weighted by atomic mass is 10.1. The number of nitrogens with zero attached hydrogens (tertiary/aromatic N) is 2. The molecule has 4 heteroatoms. The molecule has 0 spiro atoms. The molecule has 0 bridgehead atoms. The molecule has 3 N–H and O–H groups in total. The van der Waals surface area contributed by atoms with Crippen LogP contribution in [-0.2, 0) is 6.54 Å². The summed E-state index contributed by atoms with van der Waals surface area (Å²) in [6.45, 7) is 4.78. The highest BCUT2D eigenvalue weighted by Crippen LogP contribution is 2.22. The van der Waals surface area contributed by atoms with Crippen molar-refractivity contribution in [2.45, 2.75) is 6.54 Å². The molecule has 1 aliphatic heterocycles. The molecule has 3 rings (SSSR count). The van der Waals surface area contributed by atoms with E-state index in [1.807, 2.05) is 6.20 Å². The summed E-state index contributed by atoms with van der Waals surface area (Å²) in [5, 5.41) is 4.54. The van der Waals surface area contributed by atoms with Crippen LogP contribution in [0.25, 0.3) is 10.9 Å². The number of piperazine rings is 1. The van der Waals surface area contributed by atoms with Crippen molar-refractivity contribution in [2.75, 3.05) is 31.1 Å². The van der Waals surface area contributed by atoms with Crippen molar-refractivity contribution < 1.29 is 0 Å². The van der Waals surface area contributed by atoms with Crippen LogP contribution in [0.5, 0.6) is 0 Å². The average molecular weight is 242 g/mol. The van der Waals surface area contributed by atoms with Gasteiger partial charge in [-0.1, -0.05) is 0 Å². The Labute approximate surface area is 107 Å². The van der Waals surface area contributed by atoms with Gasteiger partial charge in [0.1, 0.15) is 0 Å². The second kappa shape index (κ2) is 4.92. The smallest absolute Gasteiger partial charge is 0.0703 e. The fourth-order valence-corrected chi connectivity index (χ4v) is 2.40. The number of aromatic nitrogens is 1. The van der Waals surface area contributed by atoms with E-state index in [9.17, 15) is 0 Å². The van der Waals surface area contributed by atoms with Gasteiger partial charge in [0.05, 0.1) is 5.52 Å². The standard InChI is InChI=1S/C14H18N4/c15-9-11-7-12-8-13(1-2-14(12)17-10-11)18-5-3-16-4-6-18/h1-2,7-8,10,16H,3-6,9,15H2. The summed E-state index contributed by atoms with van der Waals surface area (Å²) in [6.07, 6.45) is 1.85. The van der Waals surface area contributed by atoms with Gasteiger partial charge in [0.15, 0.2) is 0 Å². The molecule has 1 saturated heterocycles. The first-order chi connectivity index (χ1) is 8.86. The van der Waals surface area contributed by atoms with E-state index in [0.29, 0.717) is 6.54 Å². The molecule has 1 fully saturated rings. The molecule has 1 aromatic carbocycles. The Morgan fingerprint density at radius 3 is 2.83 bits per heavy atom. The van der Waals surface area contributed by atoms with Crippen molar-refractivity contribution >= 4 is 16.6 Å². The molecular formula is C14H18N4. The molecule has 0 aliphatic carbocycles. The van der Waals surface area contributed by atoms with Gasteiger partial charge in [-0.05, 0) is 29.8 Å². The third-order valence-electron chi connectivity index (χ3n) is 3.44. The Balaban J connectivity index is 1.97. The maximum Gasteiger partial charge on any atom is 0.0703 e. The maximum atomic E-state index is 5.66. The highest BCUT2D eigenvalue weighted by Gasteiger charge is 2.10. The van der Waals surface area contributed by atoms with Gasteiger partial charge in [-0.2, -0.15) is 0 Å². The minimum Gasteiger partial charge on any atom is -0.369 e. The molecule has 0 unspecified atom stereocenters. The predicted octanol–water partition coefficient (Wildman–Crippen LogP) is 1.10. The number of nitrogens with two attached hydrogens (primary N) is 1. The number of fused-ring (bicyclic) bond motifs is 1. The van der Waals surface area contributed by atoms with Crippen LogP contribution in [0.3, 0.4) is 0 Å². The van der Waals surface area contributed by atoms with Crippen LogP contribution in [-0.4, -0.2) is 31.2 Å². The van der Waals surface area contributed by atoms with Gasteiger partial charge < -0.3 is 16.0 Å². The highest BCUT2D eigenvalue weighted by atomic mass is 15.2. The van der Waals surface area contributed by atoms with Crippen LogP contribution in [0.15, 0.2) is 30.5 Å². The van der Waals surface area contributed by atoms with E-state index in [2.05, 4.69) is 39.5 Å². The number of benzene rings is 1. The molecule has 0 amide bonds. The number of hydrogen-bond acceptors (Lipinski definition) is 4. The first-order valence-electron chi connectivity index (χ1n) is 6.41. The van der Waals surface area contributed by atoms with Crippen LogP contribution >= 0.6 is 0 Å². The number of hydrogen-bond donors (Lipinski definition) is 2. The second-order valence-electron chi connectivity index (χ2n) is 4.66. The fourth-order valence-electron chi connectivity index (χ4n) is 2.40. The summed E-state index contributed by atoms with van der Waals surface area (Å²) in [6, 6.07) is 8.59. The molecule has 94 valence electrons. The Hall–Kier alpha value is -1.65. The molecule has 0 saturated carbocycles. The molecule has 2 heterocycles. The number of anilines is 1. The van der Waals surface area contributed by atoms with E-state index in [1.54, 1.807) is 0 Å². The molecule has 18 heavy (non-hydrogen) atoms. The monoisotopic (exact) mass is 242 g/mol. The molecule has 4 nitrogen and oxygen atoms in total. The third-order valence-corrected chi connectivity index (χ3v) is 3.44. The van der Waals surface area contributed by atoms with Crippen molar-refractivity contribution in [1.82, 2.24) is 10.3 Å². The minimum atomic E-state index is 0.542. The summed E-state index contributed by atoms with van der Waals surface area (Å²) in [5.74, 6) is 0. The minimum absolute atomic E-state index is 0.542. The van der Waals surface area contributed by atoms with Gasteiger partial charge in [-0.3, -0.25) is 4.98 Å². The van der Waals surface area contributed by atoms with Crippen LogP contribution in [0.1, 0.15) is 5.56 Å². The first kappa shape index (κ1) is 11.4. The molecule has 1 aliphatic rings. The lowest BCUT2D eigenvalue weighted by Crippen LogP contribution is -2.43. The van der Waals surface area contributed by atoms with Crippen LogP contribution in [0.2, 0.25) is 0 Å². The van der Waals surface area contributed by atoms with Gasteiger partial charge in [-0.25, -0.2) is 0 Å². The van der Waals surface area contributed by atoms with Gasteiger partial charge >= 0.3 is 0 Å². The number of nitrogens with one attached hydrogen (secondary N) is 1. The lowest BCUT2D eigenvalue weighted by molar-refractivity contribution is 0.589. The zero-order valence-electron chi connectivity index (χ0n) is 10.4. The Morgan fingerprint density at radius 1 is 1.22 bits per heavy atom. The van der Waals surface area contributed by atoms with Crippen molar-refractivity contribution in [3.05, 3.63) is 36.0 Å². The van der Waals surface area contributed by atoms with E-state index >= 15 is 0 Å². The van der Waals surface area contributed by atoms with Crippen molar-refractivity contribution in [2.24, 2.45) is 5.73 Å². The van der Waals surface area contributed by atoms with Gasteiger partial charge in [0, 0.05) is 50.0 Å². The SMILES string of the molecule is NCc1cnc2ccc(N3CCNCC3)cc2c1. The average Bonchev–Trinajstić information content (AvgIpc) is 2.47. The van der Waals surface area contributed by atoms with E-state index in [0.717, 1.165) is 37.3 Å². The van der Waals surface area contributed by atoms with Gasteiger partial charge in [-0.15, -0.1) is 0 Å². The number of rotatable bonds is 2. The Kier molecular flexibility index (Phi) is 3.13. The van der Waals surface area contributed by atoms with Gasteiger partial charge in [0.2, 0.25) is 0 Å². The summed E-state index contributed by atoms with van der Waals surface area (Å²) in [5.41, 5.74) is 9.06. The van der Waals surface area contributed by atoms with Crippen molar-refractivity contribution in [1.29, 1.82) is 0 Å². The summed E-state index contributed by atoms with van der Waals surface area (Å²) < 4.78 is 0. The lowest BCUT2D eigenvalue weighted by Gasteiger charge is -2.29. The maximum absolute atomic E-state index is 5.66. The summed E-state index contributed by atoms with van der Waals surface area (Å²) in [4.78, 5) is 6.84. The Morgan fingerprint density at radius 2 is 2.06 bits per heavy atom. The largest absolute Gasteiger partial charge is 0.369 e. The summed E-state index contributed by atoms with van der Waals surface area (Å²) in [7, 11) is 0. The van der Waals surface area contributed by atoms with Crippen molar-refractivity contribution in [3.63, 3.8) is 0 Å². The summed E-state index contributed by atoms with van der Waals surface area (Å²) >= 11 is 0. The van der Waals surface area contributed by atoms with E-state index in [4.69, 9.17) is 5.73 Å². The van der Waals surface area contributed by atoms with E-state index in [-0.39, 0.29) is 0 Å². The van der Waals surface area contributed by atoms with E-state index < -0.39 is 0 Å². The van der Waals surface area contributed by atoms with Crippen LogP contribution < -0.4 is 16.0 Å². The van der Waals surface area contributed by atoms with Gasteiger partial charge in [0.25, 0.3) is 0 Å². The topological polar surface area (TPSA) is 54.2 Å². The molecule has 1 aromatic heterocycles. The quantitative estimate of drug-likeness (QED) is 0.828. The van der Waals surface area contributed by atoms with E-state index in [1.165, 1.54) is 11.1 Å². The molecule has 0 radical (unpaired) electrons. The molecular weight excluding hydrogens is 224 g/mol. The second-order valence-corrected chi connectivity index (χ2v) is 4.66. The molecule has 2 aromatic rings. The zero-order valence-corrected chi connectivity index (χ0v) is 10.4. The zero-order chi connectivity index (χ0) is 12.4. The first-order valence-corrected chi connectivity index (χ1v) is 6.41. The Bertz CT molecular complexity index is 546. The highest BCUT2D eigenvalue weighted by molar-refractivity contribution is 5.83. The number of pyridine rings is 1. The van der Waals surface area contributed by atoms with Crippen LogP contribution in [0.4, 0.5) is 5.69 Å². The normalized spacial score (nSPS) is 16.2. The van der Waals surface area contributed by atoms with Crippen molar-refractivity contribution in [3.8, 4) is 0 Å². The van der Waals surface area contributed by atoms with Crippen LogP contribution in [0, 0.1) is 0 Å². The molecule has 0 atom stereocenters.